The second kappa shape index (κ2) is 6.23. The number of benzene rings is 1. The van der Waals surface area contributed by atoms with E-state index in [9.17, 15) is 18.3 Å². The highest BCUT2D eigenvalue weighted by molar-refractivity contribution is 5.25. The minimum Gasteiger partial charge on any atom is -0.388 e. The van der Waals surface area contributed by atoms with Gasteiger partial charge in [-0.05, 0) is 30.0 Å². The molecule has 0 spiro atoms. The molecule has 1 nitrogen and oxygen atoms in total. The van der Waals surface area contributed by atoms with Crippen molar-refractivity contribution in [3.05, 3.63) is 35.4 Å². The zero-order valence-electron chi connectivity index (χ0n) is 10.7. The summed E-state index contributed by atoms with van der Waals surface area (Å²) in [6.45, 7) is 4.20. The lowest BCUT2D eigenvalue weighted by molar-refractivity contribution is -0.137. The average Bonchev–Trinajstić information content (AvgIpc) is 2.27. The van der Waals surface area contributed by atoms with E-state index in [0.29, 0.717) is 17.9 Å². The van der Waals surface area contributed by atoms with Gasteiger partial charge in [0.15, 0.2) is 0 Å². The number of rotatable bonds is 5. The van der Waals surface area contributed by atoms with Crippen molar-refractivity contribution < 1.29 is 18.3 Å². The van der Waals surface area contributed by atoms with Crippen molar-refractivity contribution in [3.63, 3.8) is 0 Å². The van der Waals surface area contributed by atoms with Gasteiger partial charge in [-0.15, -0.1) is 0 Å². The summed E-state index contributed by atoms with van der Waals surface area (Å²) >= 11 is 0. The van der Waals surface area contributed by atoms with Crippen LogP contribution in [0.25, 0.3) is 0 Å². The zero-order chi connectivity index (χ0) is 13.8. The van der Waals surface area contributed by atoms with Gasteiger partial charge >= 0.3 is 6.18 Å². The quantitative estimate of drug-likeness (QED) is 0.822. The van der Waals surface area contributed by atoms with E-state index in [0.717, 1.165) is 25.0 Å². The van der Waals surface area contributed by atoms with E-state index in [1.807, 2.05) is 0 Å². The minimum atomic E-state index is -4.32. The van der Waals surface area contributed by atoms with Crippen LogP contribution in [0.1, 0.15) is 50.3 Å². The largest absolute Gasteiger partial charge is 0.416 e. The third kappa shape index (κ3) is 4.69. The molecule has 0 amide bonds. The predicted molar refractivity (Wildman–Crippen MR) is 65.1 cm³/mol. The summed E-state index contributed by atoms with van der Waals surface area (Å²) in [6, 6.07) is 4.73. The molecule has 0 aliphatic carbocycles. The smallest absolute Gasteiger partial charge is 0.388 e. The molecular weight excluding hydrogens is 241 g/mol. The van der Waals surface area contributed by atoms with Gasteiger partial charge in [-0.1, -0.05) is 38.8 Å². The van der Waals surface area contributed by atoms with Crippen molar-refractivity contribution in [1.29, 1.82) is 0 Å². The molecule has 0 aromatic heterocycles. The zero-order valence-corrected chi connectivity index (χ0v) is 10.7. The van der Waals surface area contributed by atoms with Crippen LogP contribution in [0.2, 0.25) is 0 Å². The van der Waals surface area contributed by atoms with E-state index < -0.39 is 17.8 Å². The molecule has 0 aliphatic rings. The van der Waals surface area contributed by atoms with Gasteiger partial charge < -0.3 is 5.11 Å². The van der Waals surface area contributed by atoms with Crippen LogP contribution in [0.15, 0.2) is 24.3 Å². The number of alkyl halides is 3. The molecule has 0 fully saturated rings. The normalized spacial score (nSPS) is 13.9. The van der Waals surface area contributed by atoms with E-state index in [4.69, 9.17) is 0 Å². The Morgan fingerprint density at radius 2 is 1.61 bits per heavy atom. The first-order chi connectivity index (χ1) is 8.30. The molecule has 1 aromatic rings. The summed E-state index contributed by atoms with van der Waals surface area (Å²) in [5.41, 5.74) is -0.132. The minimum absolute atomic E-state index is 0.548. The summed E-state index contributed by atoms with van der Waals surface area (Å²) < 4.78 is 37.0. The number of aliphatic hydroxyl groups excluding tert-OH is 1. The van der Waals surface area contributed by atoms with Crippen molar-refractivity contribution in [2.24, 2.45) is 5.92 Å². The molecule has 1 unspecified atom stereocenters. The maximum absolute atomic E-state index is 12.3. The van der Waals surface area contributed by atoms with Crippen molar-refractivity contribution in [1.82, 2.24) is 0 Å². The SMILES string of the molecule is CC(C)CCCC(O)c1ccc(C(F)(F)F)cc1. The molecule has 0 heterocycles. The van der Waals surface area contributed by atoms with Crippen LogP contribution >= 0.6 is 0 Å². The third-order valence-electron chi connectivity index (χ3n) is 2.88. The van der Waals surface area contributed by atoms with Crippen LogP contribution in [0, 0.1) is 5.92 Å². The van der Waals surface area contributed by atoms with Gasteiger partial charge in [0.05, 0.1) is 11.7 Å². The highest BCUT2D eigenvalue weighted by atomic mass is 19.4. The molecule has 0 saturated heterocycles. The summed E-state index contributed by atoms with van der Waals surface area (Å²) in [7, 11) is 0. The molecular formula is C14H19F3O. The van der Waals surface area contributed by atoms with Gasteiger partial charge in [0.2, 0.25) is 0 Å². The van der Waals surface area contributed by atoms with E-state index in [1.165, 1.54) is 12.1 Å². The molecule has 0 bridgehead atoms. The van der Waals surface area contributed by atoms with Crippen LogP contribution in [-0.4, -0.2) is 5.11 Å². The molecule has 1 rings (SSSR count). The highest BCUT2D eigenvalue weighted by Gasteiger charge is 2.30. The number of aliphatic hydroxyl groups is 1. The van der Waals surface area contributed by atoms with Gasteiger partial charge in [-0.2, -0.15) is 13.2 Å². The lowest BCUT2D eigenvalue weighted by Gasteiger charge is -2.13. The van der Waals surface area contributed by atoms with Crippen LogP contribution in [0.4, 0.5) is 13.2 Å². The fourth-order valence-electron chi connectivity index (χ4n) is 1.78. The van der Waals surface area contributed by atoms with E-state index in [1.54, 1.807) is 0 Å². The van der Waals surface area contributed by atoms with Crippen molar-refractivity contribution in [3.8, 4) is 0 Å². The topological polar surface area (TPSA) is 20.2 Å². The number of halogens is 3. The maximum Gasteiger partial charge on any atom is 0.416 e. The van der Waals surface area contributed by atoms with Crippen LogP contribution < -0.4 is 0 Å². The molecule has 0 saturated carbocycles. The van der Waals surface area contributed by atoms with Crippen LogP contribution in [0.5, 0.6) is 0 Å². The first-order valence-corrected chi connectivity index (χ1v) is 6.16. The van der Waals surface area contributed by atoms with Gasteiger partial charge in [0, 0.05) is 0 Å². The third-order valence-corrected chi connectivity index (χ3v) is 2.88. The first-order valence-electron chi connectivity index (χ1n) is 6.16. The molecule has 1 atom stereocenters. The maximum atomic E-state index is 12.3. The predicted octanol–water partition coefficient (Wildman–Crippen LogP) is 4.57. The second-order valence-corrected chi connectivity index (χ2v) is 4.96. The lowest BCUT2D eigenvalue weighted by atomic mass is 9.99. The Labute approximate surface area is 106 Å². The Morgan fingerprint density at radius 3 is 2.06 bits per heavy atom. The van der Waals surface area contributed by atoms with E-state index in [-0.39, 0.29) is 0 Å². The summed E-state index contributed by atoms with van der Waals surface area (Å²) in [6.07, 6.45) is -2.52. The summed E-state index contributed by atoms with van der Waals surface area (Å²) in [4.78, 5) is 0. The average molecular weight is 260 g/mol. The monoisotopic (exact) mass is 260 g/mol. The Morgan fingerprint density at radius 1 is 1.06 bits per heavy atom. The molecule has 0 radical (unpaired) electrons. The standard InChI is InChI=1S/C14H19F3O/c1-10(2)4-3-5-13(18)11-6-8-12(9-7-11)14(15,16)17/h6-10,13,18H,3-5H2,1-2H3. The van der Waals surface area contributed by atoms with Gasteiger partial charge in [0.1, 0.15) is 0 Å². The molecule has 0 aliphatic heterocycles. The van der Waals surface area contributed by atoms with Gasteiger partial charge in [-0.25, -0.2) is 0 Å². The summed E-state index contributed by atoms with van der Waals surface area (Å²) in [5.74, 6) is 0.574. The van der Waals surface area contributed by atoms with Gasteiger partial charge in [0.25, 0.3) is 0 Å². The fourth-order valence-corrected chi connectivity index (χ4v) is 1.78. The highest BCUT2D eigenvalue weighted by Crippen LogP contribution is 2.30. The molecule has 18 heavy (non-hydrogen) atoms. The van der Waals surface area contributed by atoms with E-state index >= 15 is 0 Å². The Bertz CT molecular complexity index is 354. The fraction of sp³-hybridized carbons (Fsp3) is 0.571. The van der Waals surface area contributed by atoms with Gasteiger partial charge in [-0.3, -0.25) is 0 Å². The Hall–Kier alpha value is -1.03. The van der Waals surface area contributed by atoms with Crippen molar-refractivity contribution in [2.45, 2.75) is 45.4 Å². The molecule has 1 N–H and O–H groups in total. The number of hydrogen-bond acceptors (Lipinski definition) is 1. The van der Waals surface area contributed by atoms with E-state index in [2.05, 4.69) is 13.8 Å². The van der Waals surface area contributed by atoms with Crippen molar-refractivity contribution >= 4 is 0 Å². The van der Waals surface area contributed by atoms with Crippen molar-refractivity contribution in [2.75, 3.05) is 0 Å². The summed E-state index contributed by atoms with van der Waals surface area (Å²) in [5, 5.41) is 9.85. The van der Waals surface area contributed by atoms with Crippen LogP contribution in [0.3, 0.4) is 0 Å². The Kier molecular flexibility index (Phi) is 5.20. The lowest BCUT2D eigenvalue weighted by Crippen LogP contribution is -2.05. The molecule has 4 heteroatoms. The molecule has 1 aromatic carbocycles. The first kappa shape index (κ1) is 15.0. The van der Waals surface area contributed by atoms with Crippen LogP contribution in [-0.2, 0) is 6.18 Å². The second-order valence-electron chi connectivity index (χ2n) is 4.96. The molecule has 102 valence electrons. The Balaban J connectivity index is 2.56. The number of hydrogen-bond donors (Lipinski definition) is 1.